The minimum atomic E-state index is -1.07. The summed E-state index contributed by atoms with van der Waals surface area (Å²) in [6.07, 6.45) is 2.56. The molecule has 1 saturated heterocycles. The summed E-state index contributed by atoms with van der Waals surface area (Å²) in [7, 11) is 0. The number of carbonyl (C=O) groups is 2. The summed E-state index contributed by atoms with van der Waals surface area (Å²) >= 11 is 0. The number of hydrogen-bond donors (Lipinski definition) is 1. The summed E-state index contributed by atoms with van der Waals surface area (Å²) in [5.41, 5.74) is 0.644. The first-order chi connectivity index (χ1) is 10.1. The first-order valence-corrected chi connectivity index (χ1v) is 6.66. The second kappa shape index (κ2) is 6.94. The van der Waals surface area contributed by atoms with Crippen LogP contribution in [0.15, 0.2) is 29.4 Å². The van der Waals surface area contributed by atoms with Crippen LogP contribution in [0, 0.1) is 0 Å². The van der Waals surface area contributed by atoms with Gasteiger partial charge in [-0.3, -0.25) is 4.90 Å². The molecule has 0 bridgehead atoms. The zero-order valence-corrected chi connectivity index (χ0v) is 11.7. The van der Waals surface area contributed by atoms with Crippen LogP contribution >= 0.6 is 0 Å². The fraction of sp³-hybridized carbons (Fsp3) is 0.429. The van der Waals surface area contributed by atoms with Gasteiger partial charge in [0.15, 0.2) is 0 Å². The number of carboxylic acids is 1. The number of ether oxygens (including phenoxy) is 1. The lowest BCUT2D eigenvalue weighted by atomic mass is 10.2. The van der Waals surface area contributed by atoms with Gasteiger partial charge in [-0.1, -0.05) is 12.7 Å². The molecule has 0 atom stereocenters. The molecule has 1 amide bonds. The molecule has 0 aliphatic carbocycles. The number of aromatic carboxylic acids is 1. The highest BCUT2D eigenvalue weighted by Gasteiger charge is 2.23. The molecule has 7 heteroatoms. The third-order valence-corrected chi connectivity index (χ3v) is 3.29. The molecule has 0 radical (unpaired) electrons. The smallest absolute Gasteiger partial charge is 0.410 e. The highest BCUT2D eigenvalue weighted by atomic mass is 16.6. The number of carboxylic acid groups (broad SMARTS) is 1. The standard InChI is InChI=1S/C14H18N2O5/c1-2-8-21-14(19)16-6-4-15(5-7-16)10-11-3-9-20-12(11)13(17)18/h2-3,9H,1,4-8,10H2,(H,17,18). The van der Waals surface area contributed by atoms with E-state index < -0.39 is 5.97 Å². The second-order valence-electron chi connectivity index (χ2n) is 4.71. The van der Waals surface area contributed by atoms with Crippen molar-refractivity contribution in [2.75, 3.05) is 32.8 Å². The van der Waals surface area contributed by atoms with Crippen LogP contribution in [-0.2, 0) is 11.3 Å². The average Bonchev–Trinajstić information content (AvgIpc) is 2.94. The van der Waals surface area contributed by atoms with Gasteiger partial charge < -0.3 is 19.2 Å². The molecule has 0 saturated carbocycles. The molecule has 2 rings (SSSR count). The number of piperazine rings is 1. The van der Waals surface area contributed by atoms with Crippen LogP contribution in [-0.4, -0.2) is 59.8 Å². The van der Waals surface area contributed by atoms with Gasteiger partial charge in [0, 0.05) is 38.3 Å². The molecule has 1 aromatic rings. The van der Waals surface area contributed by atoms with E-state index in [4.69, 9.17) is 14.3 Å². The first kappa shape index (κ1) is 15.1. The van der Waals surface area contributed by atoms with E-state index in [2.05, 4.69) is 11.5 Å². The van der Waals surface area contributed by atoms with Crippen molar-refractivity contribution in [2.24, 2.45) is 0 Å². The second-order valence-corrected chi connectivity index (χ2v) is 4.71. The van der Waals surface area contributed by atoms with Gasteiger partial charge >= 0.3 is 12.1 Å². The highest BCUT2D eigenvalue weighted by Crippen LogP contribution is 2.15. The van der Waals surface area contributed by atoms with Crippen LogP contribution in [0.1, 0.15) is 16.1 Å². The van der Waals surface area contributed by atoms with Crippen LogP contribution in [0.5, 0.6) is 0 Å². The van der Waals surface area contributed by atoms with Crippen molar-refractivity contribution in [3.05, 3.63) is 36.3 Å². The van der Waals surface area contributed by atoms with E-state index in [0.29, 0.717) is 38.3 Å². The summed E-state index contributed by atoms with van der Waals surface area (Å²) < 4.78 is 9.93. The minimum absolute atomic E-state index is 0.0252. The van der Waals surface area contributed by atoms with Gasteiger partial charge in [0.2, 0.25) is 5.76 Å². The van der Waals surface area contributed by atoms with Crippen LogP contribution in [0.2, 0.25) is 0 Å². The van der Waals surface area contributed by atoms with Crippen LogP contribution < -0.4 is 0 Å². The SMILES string of the molecule is C=CCOC(=O)N1CCN(Cc2ccoc2C(=O)O)CC1. The summed E-state index contributed by atoms with van der Waals surface area (Å²) in [6.45, 7) is 6.62. The maximum Gasteiger partial charge on any atom is 0.410 e. The van der Waals surface area contributed by atoms with Gasteiger partial charge in [0.25, 0.3) is 0 Å². The Morgan fingerprint density at radius 1 is 1.38 bits per heavy atom. The molecule has 1 aromatic heterocycles. The van der Waals surface area contributed by atoms with Gasteiger partial charge in [-0.15, -0.1) is 0 Å². The molecule has 0 unspecified atom stereocenters. The number of hydrogen-bond acceptors (Lipinski definition) is 5. The van der Waals surface area contributed by atoms with E-state index in [-0.39, 0.29) is 18.5 Å². The maximum absolute atomic E-state index is 11.7. The lowest BCUT2D eigenvalue weighted by molar-refractivity contribution is 0.0656. The molecule has 1 fully saturated rings. The maximum atomic E-state index is 11.7. The molecule has 21 heavy (non-hydrogen) atoms. The van der Waals surface area contributed by atoms with Crippen molar-refractivity contribution in [3.63, 3.8) is 0 Å². The molecule has 7 nitrogen and oxygen atoms in total. The predicted octanol–water partition coefficient (Wildman–Crippen LogP) is 1.42. The number of furan rings is 1. The molecule has 1 aliphatic rings. The summed E-state index contributed by atoms with van der Waals surface area (Å²) in [6, 6.07) is 1.66. The number of rotatable bonds is 5. The Morgan fingerprint density at radius 2 is 2.10 bits per heavy atom. The Morgan fingerprint density at radius 3 is 2.71 bits per heavy atom. The fourth-order valence-electron chi connectivity index (χ4n) is 2.20. The molecule has 0 spiro atoms. The van der Waals surface area contributed by atoms with Crippen LogP contribution in [0.25, 0.3) is 0 Å². The van der Waals surface area contributed by atoms with Crippen molar-refractivity contribution in [1.29, 1.82) is 0 Å². The van der Waals surface area contributed by atoms with Crippen LogP contribution in [0.3, 0.4) is 0 Å². The number of carbonyl (C=O) groups excluding carboxylic acids is 1. The van der Waals surface area contributed by atoms with Crippen molar-refractivity contribution in [2.45, 2.75) is 6.54 Å². The first-order valence-electron chi connectivity index (χ1n) is 6.66. The van der Waals surface area contributed by atoms with E-state index in [0.717, 1.165) is 0 Å². The number of amides is 1. The zero-order chi connectivity index (χ0) is 15.2. The topological polar surface area (TPSA) is 83.2 Å². The average molecular weight is 294 g/mol. The van der Waals surface area contributed by atoms with E-state index in [1.807, 2.05) is 0 Å². The summed E-state index contributed by atoms with van der Waals surface area (Å²) in [5.74, 6) is -1.09. The van der Waals surface area contributed by atoms with Gasteiger partial charge in [-0.25, -0.2) is 9.59 Å². The summed E-state index contributed by atoms with van der Waals surface area (Å²) in [5, 5.41) is 8.99. The zero-order valence-electron chi connectivity index (χ0n) is 11.7. The lowest BCUT2D eigenvalue weighted by Crippen LogP contribution is -2.48. The third-order valence-electron chi connectivity index (χ3n) is 3.29. The Balaban J connectivity index is 1.84. The molecular weight excluding hydrogens is 276 g/mol. The van der Waals surface area contributed by atoms with E-state index in [1.165, 1.54) is 12.3 Å². The van der Waals surface area contributed by atoms with Gasteiger partial charge in [0.05, 0.1) is 6.26 Å². The Labute approximate surface area is 122 Å². The van der Waals surface area contributed by atoms with Gasteiger partial charge in [-0.2, -0.15) is 0 Å². The van der Waals surface area contributed by atoms with E-state index in [1.54, 1.807) is 11.0 Å². The monoisotopic (exact) mass is 294 g/mol. The summed E-state index contributed by atoms with van der Waals surface area (Å²) in [4.78, 5) is 26.4. The fourth-order valence-corrected chi connectivity index (χ4v) is 2.20. The van der Waals surface area contributed by atoms with Gasteiger partial charge in [-0.05, 0) is 6.07 Å². The van der Waals surface area contributed by atoms with Crippen LogP contribution in [0.4, 0.5) is 4.79 Å². The molecule has 2 heterocycles. The molecule has 114 valence electrons. The van der Waals surface area contributed by atoms with E-state index in [9.17, 15) is 9.59 Å². The van der Waals surface area contributed by atoms with Crippen molar-refractivity contribution < 1.29 is 23.8 Å². The normalized spacial score (nSPS) is 15.7. The predicted molar refractivity (Wildman–Crippen MR) is 74.1 cm³/mol. The molecule has 1 N–H and O–H groups in total. The highest BCUT2D eigenvalue weighted by molar-refractivity contribution is 5.86. The minimum Gasteiger partial charge on any atom is -0.475 e. The van der Waals surface area contributed by atoms with Crippen molar-refractivity contribution in [1.82, 2.24) is 9.80 Å². The number of nitrogens with zero attached hydrogens (tertiary/aromatic N) is 2. The third kappa shape index (κ3) is 3.85. The lowest BCUT2D eigenvalue weighted by Gasteiger charge is -2.33. The molecular formula is C14H18N2O5. The Bertz CT molecular complexity index is 517. The largest absolute Gasteiger partial charge is 0.475 e. The van der Waals surface area contributed by atoms with Crippen molar-refractivity contribution in [3.8, 4) is 0 Å². The van der Waals surface area contributed by atoms with Crippen molar-refractivity contribution >= 4 is 12.1 Å². The van der Waals surface area contributed by atoms with E-state index >= 15 is 0 Å². The Hall–Kier alpha value is -2.28. The van der Waals surface area contributed by atoms with Gasteiger partial charge in [0.1, 0.15) is 6.61 Å². The molecule has 0 aromatic carbocycles. The molecule has 1 aliphatic heterocycles. The quantitative estimate of drug-likeness (QED) is 0.827. The Kier molecular flexibility index (Phi) is 4.99.